The fraction of sp³-hybridized carbons (Fsp3) is 0.385. The summed E-state index contributed by atoms with van der Waals surface area (Å²) in [6.07, 6.45) is 2.20. The zero-order valence-corrected chi connectivity index (χ0v) is 10.2. The molecule has 0 bridgehead atoms. The predicted molar refractivity (Wildman–Crippen MR) is 64.9 cm³/mol. The zero-order chi connectivity index (χ0) is 13.9. The van der Waals surface area contributed by atoms with Crippen molar-refractivity contribution in [3.05, 3.63) is 36.6 Å². The van der Waals surface area contributed by atoms with E-state index in [1.807, 2.05) is 0 Å². The van der Waals surface area contributed by atoms with E-state index in [0.717, 1.165) is 0 Å². The summed E-state index contributed by atoms with van der Waals surface area (Å²) in [7, 11) is 0. The summed E-state index contributed by atoms with van der Waals surface area (Å²) in [6, 6.07) is 0. The third-order valence-corrected chi connectivity index (χ3v) is 3.04. The number of cyclic esters (lactones) is 1. The van der Waals surface area contributed by atoms with Crippen LogP contribution in [0.5, 0.6) is 0 Å². The van der Waals surface area contributed by atoms with Gasteiger partial charge in [0.15, 0.2) is 0 Å². The number of aliphatic hydroxyl groups excluding tert-OH is 1. The number of carboxylic acids is 1. The van der Waals surface area contributed by atoms with Crippen molar-refractivity contribution < 1.29 is 24.5 Å². The number of aliphatic carboxylic acids is 1. The molecule has 0 aromatic rings. The van der Waals surface area contributed by atoms with Gasteiger partial charge in [-0.1, -0.05) is 12.2 Å². The summed E-state index contributed by atoms with van der Waals surface area (Å²) >= 11 is 0. The molecular weight excluding hydrogens is 236 g/mol. The number of ether oxygens (including phenoxy) is 1. The molecule has 98 valence electrons. The molecule has 1 aliphatic rings. The van der Waals surface area contributed by atoms with Crippen LogP contribution in [0.3, 0.4) is 0 Å². The van der Waals surface area contributed by atoms with Crippen molar-refractivity contribution in [3.8, 4) is 0 Å². The van der Waals surface area contributed by atoms with Crippen LogP contribution in [0.1, 0.15) is 19.8 Å². The van der Waals surface area contributed by atoms with Crippen LogP contribution in [0, 0.1) is 5.41 Å². The van der Waals surface area contributed by atoms with Gasteiger partial charge in [0.05, 0.1) is 5.57 Å². The van der Waals surface area contributed by atoms with E-state index in [2.05, 4.69) is 13.2 Å². The number of esters is 1. The summed E-state index contributed by atoms with van der Waals surface area (Å²) < 4.78 is 5.05. The molecule has 0 saturated carbocycles. The van der Waals surface area contributed by atoms with Crippen LogP contribution in [0.4, 0.5) is 0 Å². The number of hydrogen-bond donors (Lipinski definition) is 2. The third kappa shape index (κ3) is 1.92. The number of allylic oxidation sites excluding steroid dienone is 2. The largest absolute Gasteiger partial charge is 0.512 e. The Morgan fingerprint density at radius 1 is 1.44 bits per heavy atom. The maximum absolute atomic E-state index is 11.7. The van der Waals surface area contributed by atoms with Crippen LogP contribution >= 0.6 is 0 Å². The van der Waals surface area contributed by atoms with Crippen molar-refractivity contribution in [2.45, 2.75) is 25.9 Å². The summed E-state index contributed by atoms with van der Waals surface area (Å²) in [5.41, 5.74) is -1.80. The SMILES string of the molecule is C=CCC1OC(=O)C(=C(C)O)C1(CC=C)C(=O)O. The van der Waals surface area contributed by atoms with Crippen LogP contribution in [0.2, 0.25) is 0 Å². The summed E-state index contributed by atoms with van der Waals surface area (Å²) in [6.45, 7) is 8.29. The lowest BCUT2D eigenvalue weighted by atomic mass is 9.73. The van der Waals surface area contributed by atoms with Crippen molar-refractivity contribution >= 4 is 11.9 Å². The third-order valence-electron chi connectivity index (χ3n) is 3.04. The smallest absolute Gasteiger partial charge is 0.339 e. The molecule has 1 saturated heterocycles. The van der Waals surface area contributed by atoms with Crippen LogP contribution in [-0.4, -0.2) is 28.3 Å². The molecular formula is C13H16O5. The van der Waals surface area contributed by atoms with Crippen molar-refractivity contribution in [2.75, 3.05) is 0 Å². The van der Waals surface area contributed by atoms with E-state index in [1.165, 1.54) is 19.1 Å². The molecule has 1 heterocycles. The fourth-order valence-electron chi connectivity index (χ4n) is 2.30. The van der Waals surface area contributed by atoms with Gasteiger partial charge in [-0.05, 0) is 13.3 Å². The molecule has 1 aliphatic heterocycles. The summed E-state index contributed by atoms with van der Waals surface area (Å²) in [5, 5.41) is 19.0. The molecule has 2 atom stereocenters. The molecule has 5 heteroatoms. The maximum Gasteiger partial charge on any atom is 0.339 e. The zero-order valence-electron chi connectivity index (χ0n) is 10.2. The molecule has 0 aromatic carbocycles. The van der Waals surface area contributed by atoms with Crippen LogP contribution < -0.4 is 0 Å². The van der Waals surface area contributed by atoms with E-state index in [0.29, 0.717) is 0 Å². The van der Waals surface area contributed by atoms with E-state index >= 15 is 0 Å². The van der Waals surface area contributed by atoms with Crippen molar-refractivity contribution in [2.24, 2.45) is 5.41 Å². The number of carbonyl (C=O) groups excluding carboxylic acids is 1. The van der Waals surface area contributed by atoms with Gasteiger partial charge in [0.1, 0.15) is 17.3 Å². The normalized spacial score (nSPS) is 29.6. The quantitative estimate of drug-likeness (QED) is 0.338. The van der Waals surface area contributed by atoms with Gasteiger partial charge in [0, 0.05) is 6.42 Å². The van der Waals surface area contributed by atoms with Gasteiger partial charge in [-0.25, -0.2) is 4.79 Å². The number of carbonyl (C=O) groups is 2. The number of carboxylic acid groups (broad SMARTS) is 1. The molecule has 0 radical (unpaired) electrons. The molecule has 1 rings (SSSR count). The Balaban J connectivity index is 3.47. The van der Waals surface area contributed by atoms with Crippen molar-refractivity contribution in [1.82, 2.24) is 0 Å². The van der Waals surface area contributed by atoms with Gasteiger partial charge >= 0.3 is 11.9 Å². The van der Waals surface area contributed by atoms with Crippen LogP contribution in [0.25, 0.3) is 0 Å². The fourth-order valence-corrected chi connectivity index (χ4v) is 2.30. The monoisotopic (exact) mass is 252 g/mol. The van der Waals surface area contributed by atoms with Crippen molar-refractivity contribution in [3.63, 3.8) is 0 Å². The average molecular weight is 252 g/mol. The summed E-state index contributed by atoms with van der Waals surface area (Å²) in [5.74, 6) is -2.36. The molecule has 0 aliphatic carbocycles. The summed E-state index contributed by atoms with van der Waals surface area (Å²) in [4.78, 5) is 23.3. The number of aliphatic hydroxyl groups is 1. The lowest BCUT2D eigenvalue weighted by Crippen LogP contribution is -2.40. The Morgan fingerprint density at radius 3 is 2.44 bits per heavy atom. The number of rotatable bonds is 5. The van der Waals surface area contributed by atoms with Crippen molar-refractivity contribution in [1.29, 1.82) is 0 Å². The highest BCUT2D eigenvalue weighted by Crippen LogP contribution is 2.46. The second-order valence-electron chi connectivity index (χ2n) is 4.15. The van der Waals surface area contributed by atoms with E-state index in [4.69, 9.17) is 4.74 Å². The standard InChI is InChI=1S/C13H16O5/c1-4-6-9-13(7-5-2,12(16)17)10(8(3)14)11(15)18-9/h4-5,9,14H,1-2,6-7H2,3H3,(H,16,17). The van der Waals surface area contributed by atoms with Gasteiger partial charge in [-0.15, -0.1) is 13.2 Å². The first-order valence-corrected chi connectivity index (χ1v) is 5.48. The van der Waals surface area contributed by atoms with Gasteiger partial charge < -0.3 is 14.9 Å². The minimum Gasteiger partial charge on any atom is -0.512 e. The highest BCUT2D eigenvalue weighted by molar-refractivity contribution is 6.01. The predicted octanol–water partition coefficient (Wildman–Crippen LogP) is 1.97. The second kappa shape index (κ2) is 5.08. The van der Waals surface area contributed by atoms with E-state index in [1.54, 1.807) is 0 Å². The topological polar surface area (TPSA) is 83.8 Å². The van der Waals surface area contributed by atoms with E-state index in [9.17, 15) is 19.8 Å². The van der Waals surface area contributed by atoms with Crippen LogP contribution in [0.15, 0.2) is 36.6 Å². The first-order valence-electron chi connectivity index (χ1n) is 5.48. The Morgan fingerprint density at radius 2 is 2.06 bits per heavy atom. The lowest BCUT2D eigenvalue weighted by molar-refractivity contribution is -0.151. The lowest BCUT2D eigenvalue weighted by Gasteiger charge is -2.27. The van der Waals surface area contributed by atoms with E-state index in [-0.39, 0.29) is 24.2 Å². The van der Waals surface area contributed by atoms with Gasteiger partial charge in [-0.3, -0.25) is 4.79 Å². The number of hydrogen-bond acceptors (Lipinski definition) is 4. The average Bonchev–Trinajstić information content (AvgIpc) is 2.53. The maximum atomic E-state index is 11.7. The minimum absolute atomic E-state index is 0.000185. The van der Waals surface area contributed by atoms with E-state index < -0.39 is 23.5 Å². The highest BCUT2D eigenvalue weighted by atomic mass is 16.6. The highest BCUT2D eigenvalue weighted by Gasteiger charge is 2.59. The Labute approximate surface area is 105 Å². The molecule has 5 nitrogen and oxygen atoms in total. The van der Waals surface area contributed by atoms with Gasteiger partial charge in [0.2, 0.25) is 0 Å². The molecule has 2 unspecified atom stereocenters. The Bertz CT molecular complexity index is 431. The Hall–Kier alpha value is -2.04. The molecule has 1 fully saturated rings. The molecule has 2 N–H and O–H groups in total. The molecule has 0 amide bonds. The van der Waals surface area contributed by atoms with Gasteiger partial charge in [-0.2, -0.15) is 0 Å². The molecule has 0 spiro atoms. The van der Waals surface area contributed by atoms with Gasteiger partial charge in [0.25, 0.3) is 0 Å². The van der Waals surface area contributed by atoms with Crippen LogP contribution in [-0.2, 0) is 14.3 Å². The second-order valence-corrected chi connectivity index (χ2v) is 4.15. The molecule has 18 heavy (non-hydrogen) atoms. The minimum atomic E-state index is -1.59. The molecule has 0 aromatic heterocycles. The first kappa shape index (κ1) is 14.0. The Kier molecular flexibility index (Phi) is 3.96. The first-order chi connectivity index (χ1) is 8.41.